The van der Waals surface area contributed by atoms with Crippen LogP contribution in [0.2, 0.25) is 0 Å². The number of nitrogens with one attached hydrogen (secondary N) is 1. The van der Waals surface area contributed by atoms with Gasteiger partial charge in [-0.15, -0.1) is 0 Å². The largest absolute Gasteiger partial charge is 0.469 e. The molecule has 0 atom stereocenters. The Morgan fingerprint density at radius 3 is 2.94 bits per heavy atom. The SMILES string of the molecule is Nc1ccc(CC(=O)NCCc2ccco2)nc1. The fraction of sp³-hybridized carbons (Fsp3) is 0.231. The second-order valence-corrected chi connectivity index (χ2v) is 3.94. The van der Waals surface area contributed by atoms with Gasteiger partial charge in [-0.3, -0.25) is 9.78 Å². The molecule has 5 nitrogen and oxygen atoms in total. The lowest BCUT2D eigenvalue weighted by atomic mass is 10.2. The average Bonchev–Trinajstić information content (AvgIpc) is 2.85. The molecule has 2 rings (SSSR count). The van der Waals surface area contributed by atoms with Crippen molar-refractivity contribution < 1.29 is 9.21 Å². The Hall–Kier alpha value is -2.30. The van der Waals surface area contributed by atoms with Gasteiger partial charge >= 0.3 is 0 Å². The van der Waals surface area contributed by atoms with Crippen LogP contribution in [0.4, 0.5) is 5.69 Å². The van der Waals surface area contributed by atoms with Gasteiger partial charge in [0.2, 0.25) is 5.91 Å². The second-order valence-electron chi connectivity index (χ2n) is 3.94. The van der Waals surface area contributed by atoms with Gasteiger partial charge in [0.25, 0.3) is 0 Å². The number of anilines is 1. The summed E-state index contributed by atoms with van der Waals surface area (Å²) in [5.41, 5.74) is 6.82. The van der Waals surface area contributed by atoms with Crippen LogP contribution in [0.15, 0.2) is 41.1 Å². The number of aromatic nitrogens is 1. The number of pyridine rings is 1. The number of hydrogen-bond donors (Lipinski definition) is 2. The van der Waals surface area contributed by atoms with Crippen molar-refractivity contribution in [3.05, 3.63) is 48.2 Å². The molecule has 2 aromatic rings. The maximum Gasteiger partial charge on any atom is 0.226 e. The van der Waals surface area contributed by atoms with E-state index in [9.17, 15) is 4.79 Å². The molecule has 0 bridgehead atoms. The molecule has 0 aliphatic carbocycles. The lowest BCUT2D eigenvalue weighted by molar-refractivity contribution is -0.120. The molecule has 0 radical (unpaired) electrons. The third-order valence-electron chi connectivity index (χ3n) is 2.46. The van der Waals surface area contributed by atoms with E-state index in [1.54, 1.807) is 24.6 Å². The van der Waals surface area contributed by atoms with Crippen LogP contribution in [0.5, 0.6) is 0 Å². The van der Waals surface area contributed by atoms with E-state index in [2.05, 4.69) is 10.3 Å². The fourth-order valence-corrected chi connectivity index (χ4v) is 1.55. The minimum atomic E-state index is -0.0566. The number of nitrogen functional groups attached to an aromatic ring is 1. The van der Waals surface area contributed by atoms with Crippen molar-refractivity contribution in [2.45, 2.75) is 12.8 Å². The van der Waals surface area contributed by atoms with Crippen LogP contribution in [0, 0.1) is 0 Å². The molecular formula is C13H15N3O2. The highest BCUT2D eigenvalue weighted by atomic mass is 16.3. The topological polar surface area (TPSA) is 81.2 Å². The maximum absolute atomic E-state index is 11.6. The minimum absolute atomic E-state index is 0.0566. The van der Waals surface area contributed by atoms with Crippen molar-refractivity contribution in [2.75, 3.05) is 12.3 Å². The molecule has 2 aromatic heterocycles. The lowest BCUT2D eigenvalue weighted by Gasteiger charge is -2.04. The number of furan rings is 1. The van der Waals surface area contributed by atoms with E-state index in [0.29, 0.717) is 24.3 Å². The average molecular weight is 245 g/mol. The number of amides is 1. The number of hydrogen-bond acceptors (Lipinski definition) is 4. The summed E-state index contributed by atoms with van der Waals surface area (Å²) in [4.78, 5) is 15.7. The van der Waals surface area contributed by atoms with E-state index < -0.39 is 0 Å². The Kier molecular flexibility index (Phi) is 3.96. The molecule has 94 valence electrons. The zero-order valence-corrected chi connectivity index (χ0v) is 9.93. The van der Waals surface area contributed by atoms with E-state index >= 15 is 0 Å². The summed E-state index contributed by atoms with van der Waals surface area (Å²) in [6.07, 6.45) is 4.12. The minimum Gasteiger partial charge on any atom is -0.469 e. The zero-order valence-electron chi connectivity index (χ0n) is 9.93. The van der Waals surface area contributed by atoms with Crippen LogP contribution in [-0.2, 0) is 17.6 Å². The molecule has 0 aromatic carbocycles. The van der Waals surface area contributed by atoms with Crippen LogP contribution >= 0.6 is 0 Å². The number of nitrogens with two attached hydrogens (primary N) is 1. The first kappa shape index (κ1) is 12.2. The van der Waals surface area contributed by atoms with Gasteiger partial charge in [0.1, 0.15) is 5.76 Å². The molecule has 0 saturated heterocycles. The highest BCUT2D eigenvalue weighted by Crippen LogP contribution is 2.02. The van der Waals surface area contributed by atoms with Crippen molar-refractivity contribution in [1.82, 2.24) is 10.3 Å². The highest BCUT2D eigenvalue weighted by molar-refractivity contribution is 5.78. The van der Waals surface area contributed by atoms with E-state index in [1.807, 2.05) is 12.1 Å². The summed E-state index contributed by atoms with van der Waals surface area (Å²) < 4.78 is 5.17. The van der Waals surface area contributed by atoms with Crippen molar-refractivity contribution in [2.24, 2.45) is 0 Å². The van der Waals surface area contributed by atoms with E-state index in [4.69, 9.17) is 10.2 Å². The van der Waals surface area contributed by atoms with Gasteiger partial charge in [-0.1, -0.05) is 0 Å². The first-order valence-corrected chi connectivity index (χ1v) is 5.73. The molecule has 0 spiro atoms. The Morgan fingerprint density at radius 1 is 1.39 bits per heavy atom. The molecule has 0 aliphatic heterocycles. The molecule has 3 N–H and O–H groups in total. The third kappa shape index (κ3) is 3.62. The highest BCUT2D eigenvalue weighted by Gasteiger charge is 2.04. The Morgan fingerprint density at radius 2 is 2.28 bits per heavy atom. The first-order valence-electron chi connectivity index (χ1n) is 5.73. The Balaban J connectivity index is 1.73. The van der Waals surface area contributed by atoms with Crippen LogP contribution in [-0.4, -0.2) is 17.4 Å². The van der Waals surface area contributed by atoms with Gasteiger partial charge < -0.3 is 15.5 Å². The summed E-state index contributed by atoms with van der Waals surface area (Å²) in [6.45, 7) is 0.557. The molecule has 0 saturated carbocycles. The van der Waals surface area contributed by atoms with Crippen LogP contribution in [0.25, 0.3) is 0 Å². The van der Waals surface area contributed by atoms with Gasteiger partial charge in [-0.05, 0) is 24.3 Å². The standard InChI is InChI=1S/C13H15N3O2/c14-10-3-4-11(16-9-10)8-13(17)15-6-5-12-2-1-7-18-12/h1-4,7,9H,5-6,8,14H2,(H,15,17). The number of carbonyl (C=O) groups is 1. The van der Waals surface area contributed by atoms with Crippen molar-refractivity contribution in [3.63, 3.8) is 0 Å². The van der Waals surface area contributed by atoms with Gasteiger partial charge in [0.15, 0.2) is 0 Å². The van der Waals surface area contributed by atoms with Gasteiger partial charge in [-0.25, -0.2) is 0 Å². The Bertz CT molecular complexity index is 491. The van der Waals surface area contributed by atoms with Crippen LogP contribution in [0.3, 0.4) is 0 Å². The molecule has 0 fully saturated rings. The molecule has 1 amide bonds. The van der Waals surface area contributed by atoms with E-state index in [0.717, 1.165) is 5.76 Å². The summed E-state index contributed by atoms with van der Waals surface area (Å²) >= 11 is 0. The predicted molar refractivity (Wildman–Crippen MR) is 67.8 cm³/mol. The second kappa shape index (κ2) is 5.86. The molecule has 0 unspecified atom stereocenters. The quantitative estimate of drug-likeness (QED) is 0.828. The van der Waals surface area contributed by atoms with E-state index in [-0.39, 0.29) is 12.3 Å². The molecule has 0 aliphatic rings. The van der Waals surface area contributed by atoms with Crippen molar-refractivity contribution in [1.29, 1.82) is 0 Å². The summed E-state index contributed by atoms with van der Waals surface area (Å²) in [5.74, 6) is 0.805. The molecule has 2 heterocycles. The van der Waals surface area contributed by atoms with Crippen LogP contribution < -0.4 is 11.1 Å². The smallest absolute Gasteiger partial charge is 0.226 e. The molecule has 5 heteroatoms. The van der Waals surface area contributed by atoms with E-state index in [1.165, 1.54) is 0 Å². The Labute approximate surface area is 105 Å². The summed E-state index contributed by atoms with van der Waals surface area (Å²) in [5, 5.41) is 2.81. The zero-order chi connectivity index (χ0) is 12.8. The van der Waals surface area contributed by atoms with Gasteiger partial charge in [0.05, 0.1) is 24.6 Å². The number of rotatable bonds is 5. The molecular weight excluding hydrogens is 230 g/mol. The van der Waals surface area contributed by atoms with Gasteiger partial charge in [0, 0.05) is 18.7 Å². The lowest BCUT2D eigenvalue weighted by Crippen LogP contribution is -2.27. The van der Waals surface area contributed by atoms with Gasteiger partial charge in [-0.2, -0.15) is 0 Å². The maximum atomic E-state index is 11.6. The molecule has 18 heavy (non-hydrogen) atoms. The predicted octanol–water partition coefficient (Wildman–Crippen LogP) is 1.16. The monoisotopic (exact) mass is 245 g/mol. The number of carbonyl (C=O) groups excluding carboxylic acids is 1. The van der Waals surface area contributed by atoms with Crippen molar-refractivity contribution in [3.8, 4) is 0 Å². The first-order chi connectivity index (χ1) is 8.74. The van der Waals surface area contributed by atoms with Crippen molar-refractivity contribution >= 4 is 11.6 Å². The third-order valence-corrected chi connectivity index (χ3v) is 2.46. The summed E-state index contributed by atoms with van der Waals surface area (Å²) in [6, 6.07) is 7.20. The fourth-order valence-electron chi connectivity index (χ4n) is 1.55. The van der Waals surface area contributed by atoms with Crippen LogP contribution in [0.1, 0.15) is 11.5 Å². The summed E-state index contributed by atoms with van der Waals surface area (Å²) in [7, 11) is 0. The number of nitrogens with zero attached hydrogens (tertiary/aromatic N) is 1. The normalized spacial score (nSPS) is 10.2.